The molecule has 5 heteroatoms. The standard InChI is InChI=1S/C22H36N4O/c1-18-8-9-19(2)26(18)17-14-24-12-15-25(16-13-24)22(27)11-10-21(23)20-6-4-3-5-7-20/h3-7,18-19,21H,8-17,23H2,1-2H3/t18-,19-,21+/m1/s1. The summed E-state index contributed by atoms with van der Waals surface area (Å²) in [7, 11) is 0. The second-order valence-electron chi connectivity index (χ2n) is 8.29. The highest BCUT2D eigenvalue weighted by Crippen LogP contribution is 2.23. The quantitative estimate of drug-likeness (QED) is 0.799. The minimum Gasteiger partial charge on any atom is -0.340 e. The SMILES string of the molecule is C[C@@H]1CC[C@@H](C)N1CCN1CCN(C(=O)CC[C@H](N)c2ccccc2)CC1. The van der Waals surface area contributed by atoms with Crippen LogP contribution in [0.5, 0.6) is 0 Å². The van der Waals surface area contributed by atoms with Crippen molar-refractivity contribution in [1.82, 2.24) is 14.7 Å². The lowest BCUT2D eigenvalue weighted by molar-refractivity contribution is -0.133. The Bertz CT molecular complexity index is 575. The number of nitrogens with two attached hydrogens (primary N) is 1. The summed E-state index contributed by atoms with van der Waals surface area (Å²) in [6.45, 7) is 10.7. The fourth-order valence-electron chi connectivity index (χ4n) is 4.47. The van der Waals surface area contributed by atoms with Crippen molar-refractivity contribution in [3.63, 3.8) is 0 Å². The first-order chi connectivity index (χ1) is 13.0. The Kier molecular flexibility index (Phi) is 7.27. The maximum atomic E-state index is 12.5. The second-order valence-corrected chi connectivity index (χ2v) is 8.29. The summed E-state index contributed by atoms with van der Waals surface area (Å²) in [6.07, 6.45) is 3.91. The number of carbonyl (C=O) groups excluding carboxylic acids is 1. The normalized spacial score (nSPS) is 25.7. The van der Waals surface area contributed by atoms with Crippen molar-refractivity contribution in [2.45, 2.75) is 57.7 Å². The molecule has 0 aromatic heterocycles. The molecule has 2 saturated heterocycles. The van der Waals surface area contributed by atoms with E-state index in [1.807, 2.05) is 35.2 Å². The van der Waals surface area contributed by atoms with Gasteiger partial charge in [0.1, 0.15) is 0 Å². The van der Waals surface area contributed by atoms with E-state index >= 15 is 0 Å². The molecule has 27 heavy (non-hydrogen) atoms. The summed E-state index contributed by atoms with van der Waals surface area (Å²) in [5.41, 5.74) is 7.34. The summed E-state index contributed by atoms with van der Waals surface area (Å²) >= 11 is 0. The van der Waals surface area contributed by atoms with Gasteiger partial charge in [0, 0.05) is 63.8 Å². The molecule has 0 unspecified atom stereocenters. The molecule has 2 N–H and O–H groups in total. The Morgan fingerprint density at radius 3 is 2.30 bits per heavy atom. The van der Waals surface area contributed by atoms with Gasteiger partial charge in [-0.1, -0.05) is 30.3 Å². The molecule has 2 fully saturated rings. The number of rotatable bonds is 7. The van der Waals surface area contributed by atoms with Gasteiger partial charge >= 0.3 is 0 Å². The Hall–Kier alpha value is -1.43. The molecule has 0 saturated carbocycles. The fourth-order valence-corrected chi connectivity index (χ4v) is 4.47. The summed E-state index contributed by atoms with van der Waals surface area (Å²) in [5, 5.41) is 0. The van der Waals surface area contributed by atoms with Crippen molar-refractivity contribution in [2.75, 3.05) is 39.3 Å². The summed E-state index contributed by atoms with van der Waals surface area (Å²) in [5.74, 6) is 0.253. The largest absolute Gasteiger partial charge is 0.340 e. The van der Waals surface area contributed by atoms with Crippen LogP contribution in [0.2, 0.25) is 0 Å². The van der Waals surface area contributed by atoms with Crippen LogP contribution in [0.1, 0.15) is 51.1 Å². The van der Waals surface area contributed by atoms with E-state index in [0.717, 1.165) is 56.9 Å². The number of likely N-dealkylation sites (tertiary alicyclic amines) is 1. The molecule has 1 aromatic carbocycles. The van der Waals surface area contributed by atoms with E-state index in [0.29, 0.717) is 12.8 Å². The number of hydrogen-bond acceptors (Lipinski definition) is 4. The molecule has 0 aliphatic carbocycles. The lowest BCUT2D eigenvalue weighted by Crippen LogP contribution is -2.50. The molecule has 0 radical (unpaired) electrons. The van der Waals surface area contributed by atoms with Crippen LogP contribution in [0, 0.1) is 0 Å². The zero-order chi connectivity index (χ0) is 19.2. The lowest BCUT2D eigenvalue weighted by atomic mass is 10.0. The van der Waals surface area contributed by atoms with Gasteiger partial charge in [0.2, 0.25) is 5.91 Å². The second kappa shape index (κ2) is 9.67. The van der Waals surface area contributed by atoms with E-state index in [2.05, 4.69) is 23.6 Å². The van der Waals surface area contributed by atoms with Gasteiger partial charge in [0.15, 0.2) is 0 Å². The van der Waals surface area contributed by atoms with Crippen LogP contribution in [0.3, 0.4) is 0 Å². The maximum Gasteiger partial charge on any atom is 0.222 e. The van der Waals surface area contributed by atoms with Crippen molar-refractivity contribution >= 4 is 5.91 Å². The van der Waals surface area contributed by atoms with Crippen molar-refractivity contribution < 1.29 is 4.79 Å². The molecular formula is C22H36N4O. The monoisotopic (exact) mass is 372 g/mol. The van der Waals surface area contributed by atoms with E-state index in [1.165, 1.54) is 12.8 Å². The summed E-state index contributed by atoms with van der Waals surface area (Å²) < 4.78 is 0. The van der Waals surface area contributed by atoms with Crippen molar-refractivity contribution in [1.29, 1.82) is 0 Å². The molecular weight excluding hydrogens is 336 g/mol. The smallest absolute Gasteiger partial charge is 0.222 e. The topological polar surface area (TPSA) is 52.8 Å². The maximum absolute atomic E-state index is 12.5. The van der Waals surface area contributed by atoms with Crippen LogP contribution in [0.15, 0.2) is 30.3 Å². The number of benzene rings is 1. The Balaban J connectivity index is 1.35. The van der Waals surface area contributed by atoms with Crippen LogP contribution in [-0.4, -0.2) is 72.0 Å². The molecule has 0 bridgehead atoms. The van der Waals surface area contributed by atoms with E-state index in [1.54, 1.807) is 0 Å². The Labute approximate surface area is 164 Å². The average Bonchev–Trinajstić information content (AvgIpc) is 3.03. The van der Waals surface area contributed by atoms with Gasteiger partial charge in [-0.2, -0.15) is 0 Å². The van der Waals surface area contributed by atoms with Crippen molar-refractivity contribution in [3.8, 4) is 0 Å². The van der Waals surface area contributed by atoms with Gasteiger partial charge in [-0.25, -0.2) is 0 Å². The fraction of sp³-hybridized carbons (Fsp3) is 0.682. The molecule has 2 heterocycles. The molecule has 1 amide bonds. The van der Waals surface area contributed by atoms with Crippen molar-refractivity contribution in [2.24, 2.45) is 5.73 Å². The Morgan fingerprint density at radius 1 is 1.04 bits per heavy atom. The first-order valence-corrected chi connectivity index (χ1v) is 10.6. The molecule has 1 aromatic rings. The van der Waals surface area contributed by atoms with Crippen LogP contribution < -0.4 is 5.73 Å². The van der Waals surface area contributed by atoms with E-state index in [9.17, 15) is 4.79 Å². The summed E-state index contributed by atoms with van der Waals surface area (Å²) in [6, 6.07) is 11.5. The minimum atomic E-state index is -0.0547. The van der Waals surface area contributed by atoms with Gasteiger partial charge in [0.25, 0.3) is 0 Å². The molecule has 5 nitrogen and oxygen atoms in total. The number of nitrogens with zero attached hydrogens (tertiary/aromatic N) is 3. The van der Waals surface area contributed by atoms with Crippen LogP contribution in [0.25, 0.3) is 0 Å². The predicted molar refractivity (Wildman–Crippen MR) is 110 cm³/mol. The third kappa shape index (κ3) is 5.53. The van der Waals surface area contributed by atoms with Gasteiger partial charge in [-0.15, -0.1) is 0 Å². The van der Waals surface area contributed by atoms with E-state index < -0.39 is 0 Å². The van der Waals surface area contributed by atoms with Gasteiger partial charge in [-0.3, -0.25) is 14.6 Å². The average molecular weight is 373 g/mol. The number of carbonyl (C=O) groups is 1. The third-order valence-electron chi connectivity index (χ3n) is 6.43. The molecule has 0 spiro atoms. The van der Waals surface area contributed by atoms with Crippen LogP contribution in [0.4, 0.5) is 0 Å². The first-order valence-electron chi connectivity index (χ1n) is 10.6. The van der Waals surface area contributed by atoms with Gasteiger partial charge < -0.3 is 10.6 Å². The van der Waals surface area contributed by atoms with E-state index in [-0.39, 0.29) is 11.9 Å². The zero-order valence-electron chi connectivity index (χ0n) is 17.0. The highest BCUT2D eigenvalue weighted by Gasteiger charge is 2.28. The number of hydrogen-bond donors (Lipinski definition) is 1. The highest BCUT2D eigenvalue weighted by atomic mass is 16.2. The molecule has 3 atom stereocenters. The van der Waals surface area contributed by atoms with Gasteiger partial charge in [0.05, 0.1) is 0 Å². The minimum absolute atomic E-state index is 0.0547. The Morgan fingerprint density at radius 2 is 1.67 bits per heavy atom. The lowest BCUT2D eigenvalue weighted by Gasteiger charge is -2.36. The zero-order valence-corrected chi connectivity index (χ0v) is 17.0. The molecule has 3 rings (SSSR count). The number of piperazine rings is 1. The van der Waals surface area contributed by atoms with Gasteiger partial charge in [-0.05, 0) is 38.7 Å². The molecule has 2 aliphatic heterocycles. The molecule has 150 valence electrons. The van der Waals surface area contributed by atoms with E-state index in [4.69, 9.17) is 5.73 Å². The van der Waals surface area contributed by atoms with Crippen LogP contribution >= 0.6 is 0 Å². The summed E-state index contributed by atoms with van der Waals surface area (Å²) in [4.78, 5) is 19.7. The third-order valence-corrected chi connectivity index (χ3v) is 6.43. The number of amides is 1. The molecule has 2 aliphatic rings. The highest BCUT2D eigenvalue weighted by molar-refractivity contribution is 5.76. The predicted octanol–water partition coefficient (Wildman–Crippen LogP) is 2.48. The van der Waals surface area contributed by atoms with Crippen molar-refractivity contribution in [3.05, 3.63) is 35.9 Å². The van der Waals surface area contributed by atoms with Crippen LogP contribution in [-0.2, 0) is 4.79 Å². The first kappa shape index (κ1) is 20.3.